The highest BCUT2D eigenvalue weighted by Crippen LogP contribution is 2.46. The molecule has 1 aromatic heterocycles. The molecule has 1 heterocycles. The van der Waals surface area contributed by atoms with Gasteiger partial charge in [0.05, 0.1) is 0 Å². The lowest BCUT2D eigenvalue weighted by Crippen LogP contribution is -2.25. The quantitative estimate of drug-likeness (QED) is 0.378. The van der Waals surface area contributed by atoms with Gasteiger partial charge in [0.15, 0.2) is 11.6 Å². The number of aryl methyl sites for hydroxylation is 2. The Morgan fingerprint density at radius 3 is 2.03 bits per heavy atom. The lowest BCUT2D eigenvalue weighted by Gasteiger charge is -2.38. The van der Waals surface area contributed by atoms with E-state index in [1.807, 2.05) is 31.5 Å². The molecule has 178 valence electrons. The second-order valence-corrected chi connectivity index (χ2v) is 10.2. The van der Waals surface area contributed by atoms with E-state index in [-0.39, 0.29) is 5.92 Å². The molecule has 33 heavy (non-hydrogen) atoms. The first kappa shape index (κ1) is 24.0. The summed E-state index contributed by atoms with van der Waals surface area (Å²) in [5.41, 5.74) is 2.40. The highest BCUT2D eigenvalue weighted by Gasteiger charge is 2.33. The number of hydrogen-bond donors (Lipinski definition) is 0. The van der Waals surface area contributed by atoms with E-state index in [1.54, 1.807) is 6.07 Å². The van der Waals surface area contributed by atoms with Crippen LogP contribution in [0.3, 0.4) is 0 Å². The number of allylic oxidation sites excluding steroid dienone is 1. The Bertz CT molecular complexity index is 908. The molecule has 2 saturated carbocycles. The minimum atomic E-state index is -0.618. The molecule has 2 aromatic rings. The summed E-state index contributed by atoms with van der Waals surface area (Å²) in [6.45, 7) is 5.76. The van der Waals surface area contributed by atoms with Crippen LogP contribution in [-0.2, 0) is 12.8 Å². The minimum absolute atomic E-state index is 0.166. The van der Waals surface area contributed by atoms with E-state index in [0.717, 1.165) is 62.6 Å². The van der Waals surface area contributed by atoms with Gasteiger partial charge in [0.2, 0.25) is 0 Å². The molecule has 0 atom stereocenters. The monoisotopic (exact) mass is 452 g/mol. The van der Waals surface area contributed by atoms with Crippen LogP contribution in [0.2, 0.25) is 0 Å². The average molecular weight is 453 g/mol. The van der Waals surface area contributed by atoms with Crippen LogP contribution in [-0.4, -0.2) is 9.97 Å². The maximum atomic E-state index is 14.7. The van der Waals surface area contributed by atoms with Crippen LogP contribution in [0.5, 0.6) is 0 Å². The third kappa shape index (κ3) is 5.70. The van der Waals surface area contributed by atoms with Crippen molar-refractivity contribution in [3.05, 3.63) is 71.3 Å². The Labute approximate surface area is 197 Å². The van der Waals surface area contributed by atoms with Gasteiger partial charge in [-0.3, -0.25) is 0 Å². The zero-order valence-corrected chi connectivity index (χ0v) is 20.0. The Kier molecular flexibility index (Phi) is 8.27. The van der Waals surface area contributed by atoms with Gasteiger partial charge in [-0.05, 0) is 105 Å². The van der Waals surface area contributed by atoms with Crippen molar-refractivity contribution in [3.63, 3.8) is 0 Å². The molecule has 2 aliphatic rings. The fourth-order valence-electron chi connectivity index (χ4n) is 6.14. The predicted octanol–water partition coefficient (Wildman–Crippen LogP) is 8.07. The summed E-state index contributed by atoms with van der Waals surface area (Å²) in [6, 6.07) is 3.66. The van der Waals surface area contributed by atoms with Crippen LogP contribution >= 0.6 is 0 Å². The number of benzene rings is 1. The van der Waals surface area contributed by atoms with Gasteiger partial charge in [0, 0.05) is 18.8 Å². The molecule has 0 spiro atoms. The van der Waals surface area contributed by atoms with Gasteiger partial charge in [-0.25, -0.2) is 18.7 Å². The maximum Gasteiger partial charge on any atom is 0.162 e. The van der Waals surface area contributed by atoms with Crippen LogP contribution in [0, 0.1) is 23.5 Å². The van der Waals surface area contributed by atoms with Gasteiger partial charge in [-0.1, -0.05) is 31.6 Å². The van der Waals surface area contributed by atoms with Crippen molar-refractivity contribution in [2.75, 3.05) is 0 Å². The molecule has 4 heteroatoms. The molecule has 2 fully saturated rings. The Hall–Kier alpha value is -2.10. The largest absolute Gasteiger partial charge is 0.241 e. The van der Waals surface area contributed by atoms with Crippen molar-refractivity contribution in [1.29, 1.82) is 0 Å². The van der Waals surface area contributed by atoms with E-state index < -0.39 is 11.6 Å². The second kappa shape index (κ2) is 11.4. The van der Waals surface area contributed by atoms with E-state index in [2.05, 4.69) is 16.5 Å². The first-order valence-corrected chi connectivity index (χ1v) is 13.0. The van der Waals surface area contributed by atoms with E-state index >= 15 is 0 Å². The first-order chi connectivity index (χ1) is 16.1. The molecule has 0 unspecified atom stereocenters. The Morgan fingerprint density at radius 2 is 1.45 bits per heavy atom. The minimum Gasteiger partial charge on any atom is -0.241 e. The number of aromatic nitrogens is 2. The summed E-state index contributed by atoms with van der Waals surface area (Å²) in [4.78, 5) is 9.10. The fraction of sp³-hybridized carbons (Fsp3) is 0.586. The zero-order chi connectivity index (χ0) is 23.2. The molecule has 0 radical (unpaired) electrons. The number of hydrogen-bond acceptors (Lipinski definition) is 2. The van der Waals surface area contributed by atoms with Crippen LogP contribution in [0.15, 0.2) is 37.2 Å². The van der Waals surface area contributed by atoms with Gasteiger partial charge in [-0.2, -0.15) is 0 Å². The summed E-state index contributed by atoms with van der Waals surface area (Å²) in [5, 5.41) is 0. The summed E-state index contributed by atoms with van der Waals surface area (Å²) < 4.78 is 29.2. The fourth-order valence-corrected chi connectivity index (χ4v) is 6.14. The lowest BCUT2D eigenvalue weighted by molar-refractivity contribution is 0.176. The van der Waals surface area contributed by atoms with E-state index in [9.17, 15) is 8.78 Å². The molecule has 2 aliphatic carbocycles. The van der Waals surface area contributed by atoms with Crippen LogP contribution in [0.25, 0.3) is 0 Å². The SMILES string of the molecule is C=CCCc1ncc(C2CCC(C3CCC(c4ccc(CCC)c(F)c4F)CC3)CC2)cn1. The number of nitrogens with zero attached hydrogens (tertiary/aromatic N) is 2. The third-order valence-corrected chi connectivity index (χ3v) is 8.13. The van der Waals surface area contributed by atoms with E-state index in [0.29, 0.717) is 23.5 Å². The molecular formula is C29H38F2N2. The van der Waals surface area contributed by atoms with Crippen LogP contribution < -0.4 is 0 Å². The van der Waals surface area contributed by atoms with Crippen molar-refractivity contribution < 1.29 is 8.78 Å². The van der Waals surface area contributed by atoms with E-state index in [1.165, 1.54) is 31.2 Å². The summed E-state index contributed by atoms with van der Waals surface area (Å²) in [6.07, 6.45) is 18.3. The van der Waals surface area contributed by atoms with Crippen molar-refractivity contribution in [1.82, 2.24) is 9.97 Å². The predicted molar refractivity (Wildman–Crippen MR) is 130 cm³/mol. The molecular weight excluding hydrogens is 414 g/mol. The molecule has 1 aromatic carbocycles. The van der Waals surface area contributed by atoms with Gasteiger partial charge in [0.25, 0.3) is 0 Å². The topological polar surface area (TPSA) is 25.8 Å². The Morgan fingerprint density at radius 1 is 0.848 bits per heavy atom. The maximum absolute atomic E-state index is 14.7. The highest BCUT2D eigenvalue weighted by atomic mass is 19.2. The third-order valence-electron chi connectivity index (χ3n) is 8.13. The molecule has 4 rings (SSSR count). The summed E-state index contributed by atoms with van der Waals surface area (Å²) in [7, 11) is 0. The lowest BCUT2D eigenvalue weighted by atomic mass is 9.67. The summed E-state index contributed by atoms with van der Waals surface area (Å²) in [5.74, 6) is 1.93. The molecule has 0 amide bonds. The van der Waals surface area contributed by atoms with Gasteiger partial charge in [-0.15, -0.1) is 6.58 Å². The van der Waals surface area contributed by atoms with Gasteiger partial charge in [0.1, 0.15) is 5.82 Å². The van der Waals surface area contributed by atoms with Crippen molar-refractivity contribution in [3.8, 4) is 0 Å². The standard InChI is InChI=1S/C29H38F2N2/c1-3-5-7-27-32-18-25(19-33-27)22-10-8-20(9-11-22)21-12-14-23(15-13-21)26-17-16-24(6-4-2)28(30)29(26)31/h3,16-23H,1,4-15H2,2H3. The first-order valence-electron chi connectivity index (χ1n) is 13.0. The normalized spacial score (nSPS) is 25.7. The Balaban J connectivity index is 1.27. The number of rotatable bonds is 8. The van der Waals surface area contributed by atoms with Crippen molar-refractivity contribution >= 4 is 0 Å². The average Bonchev–Trinajstić information content (AvgIpc) is 2.86. The van der Waals surface area contributed by atoms with E-state index in [4.69, 9.17) is 0 Å². The van der Waals surface area contributed by atoms with Crippen molar-refractivity contribution in [2.24, 2.45) is 11.8 Å². The molecule has 0 aliphatic heterocycles. The van der Waals surface area contributed by atoms with Gasteiger partial charge >= 0.3 is 0 Å². The highest BCUT2D eigenvalue weighted by molar-refractivity contribution is 5.29. The smallest absolute Gasteiger partial charge is 0.162 e. The van der Waals surface area contributed by atoms with Gasteiger partial charge < -0.3 is 0 Å². The molecule has 0 N–H and O–H groups in total. The molecule has 2 nitrogen and oxygen atoms in total. The van der Waals surface area contributed by atoms with Crippen LogP contribution in [0.4, 0.5) is 8.78 Å². The summed E-state index contributed by atoms with van der Waals surface area (Å²) >= 11 is 0. The second-order valence-electron chi connectivity index (χ2n) is 10.2. The van der Waals surface area contributed by atoms with Crippen molar-refractivity contribution in [2.45, 2.75) is 95.8 Å². The molecule has 0 bridgehead atoms. The zero-order valence-electron chi connectivity index (χ0n) is 20.0. The van der Waals surface area contributed by atoms with Crippen LogP contribution in [0.1, 0.15) is 105 Å². The number of halogens is 2. The molecule has 0 saturated heterocycles.